The lowest BCUT2D eigenvalue weighted by molar-refractivity contribution is 0.601. The molecule has 0 saturated heterocycles. The van der Waals surface area contributed by atoms with Crippen LogP contribution in [0.5, 0.6) is 0 Å². The molecule has 1 saturated carbocycles. The number of anilines is 1. The number of nitrogens with one attached hydrogen (secondary N) is 1. The highest BCUT2D eigenvalue weighted by atomic mass is 15.2. The molecule has 1 N–H and O–H groups in total. The molecule has 0 unspecified atom stereocenters. The Morgan fingerprint density at radius 3 is 3.07 bits per heavy atom. The van der Waals surface area contributed by atoms with Crippen molar-refractivity contribution in [3.8, 4) is 6.07 Å². The van der Waals surface area contributed by atoms with Crippen molar-refractivity contribution in [1.82, 2.24) is 9.55 Å². The minimum atomic E-state index is 0.576. The molecule has 0 spiro atoms. The van der Waals surface area contributed by atoms with E-state index in [1.807, 2.05) is 0 Å². The van der Waals surface area contributed by atoms with Crippen LogP contribution in [-0.4, -0.2) is 16.1 Å². The highest BCUT2D eigenvalue weighted by molar-refractivity contribution is 5.51. The molecule has 0 aromatic carbocycles. The normalized spacial score (nSPS) is 19.6. The van der Waals surface area contributed by atoms with Gasteiger partial charge in [-0.1, -0.05) is 0 Å². The van der Waals surface area contributed by atoms with Gasteiger partial charge in [-0.3, -0.25) is 0 Å². The molecule has 0 radical (unpaired) electrons. The van der Waals surface area contributed by atoms with E-state index in [2.05, 4.69) is 20.9 Å². The third-order valence-electron chi connectivity index (χ3n) is 2.90. The van der Waals surface area contributed by atoms with Gasteiger partial charge in [-0.2, -0.15) is 5.26 Å². The molecule has 1 fully saturated rings. The Labute approximate surface area is 82.6 Å². The number of nitrogens with zero attached hydrogens (tertiary/aromatic N) is 3. The Bertz CT molecular complexity index is 408. The number of hydrogen-bond acceptors (Lipinski definition) is 3. The number of nitriles is 1. The van der Waals surface area contributed by atoms with Crippen LogP contribution in [0.3, 0.4) is 0 Å². The van der Waals surface area contributed by atoms with Crippen molar-refractivity contribution in [2.24, 2.45) is 0 Å². The second kappa shape index (κ2) is 2.74. The standard InChI is InChI=1S/C10H12N4/c11-6-8-10-12-4-1-5-14(10)9(13-8)7-2-3-7/h7,12H,1-5H2. The molecule has 0 bridgehead atoms. The summed E-state index contributed by atoms with van der Waals surface area (Å²) in [5, 5.41) is 12.2. The summed E-state index contributed by atoms with van der Waals surface area (Å²) < 4.78 is 2.19. The van der Waals surface area contributed by atoms with Crippen LogP contribution >= 0.6 is 0 Å². The molecule has 4 heteroatoms. The maximum Gasteiger partial charge on any atom is 0.183 e. The van der Waals surface area contributed by atoms with Crippen LogP contribution < -0.4 is 5.32 Å². The SMILES string of the molecule is N#Cc1nc(C2CC2)n2c1NCCC2. The van der Waals surface area contributed by atoms with Gasteiger partial charge in [-0.05, 0) is 19.3 Å². The topological polar surface area (TPSA) is 53.6 Å². The fourth-order valence-corrected chi connectivity index (χ4v) is 2.05. The van der Waals surface area contributed by atoms with Gasteiger partial charge in [-0.15, -0.1) is 0 Å². The number of imidazole rings is 1. The number of hydrogen-bond donors (Lipinski definition) is 1. The summed E-state index contributed by atoms with van der Waals surface area (Å²) in [5.74, 6) is 2.69. The molecule has 14 heavy (non-hydrogen) atoms. The Hall–Kier alpha value is -1.50. The summed E-state index contributed by atoms with van der Waals surface area (Å²) >= 11 is 0. The summed E-state index contributed by atoms with van der Waals surface area (Å²) in [7, 11) is 0. The lowest BCUT2D eigenvalue weighted by Crippen LogP contribution is -2.18. The molecule has 0 amide bonds. The molecule has 3 rings (SSSR count). The molecule has 2 aliphatic rings. The van der Waals surface area contributed by atoms with E-state index >= 15 is 0 Å². The number of fused-ring (bicyclic) bond motifs is 1. The minimum Gasteiger partial charge on any atom is -0.369 e. The molecule has 1 aliphatic heterocycles. The van der Waals surface area contributed by atoms with Crippen LogP contribution in [0.2, 0.25) is 0 Å². The highest BCUT2D eigenvalue weighted by Crippen LogP contribution is 2.41. The lowest BCUT2D eigenvalue weighted by Gasteiger charge is -2.18. The summed E-state index contributed by atoms with van der Waals surface area (Å²) in [5.41, 5.74) is 0.576. The van der Waals surface area contributed by atoms with E-state index in [9.17, 15) is 0 Å². The maximum atomic E-state index is 8.94. The first-order valence-corrected chi connectivity index (χ1v) is 5.14. The minimum absolute atomic E-state index is 0.576. The zero-order chi connectivity index (χ0) is 9.54. The molecule has 1 aliphatic carbocycles. The zero-order valence-electron chi connectivity index (χ0n) is 7.95. The summed E-state index contributed by atoms with van der Waals surface area (Å²) in [6.07, 6.45) is 3.61. The first-order chi connectivity index (χ1) is 6.90. The summed E-state index contributed by atoms with van der Waals surface area (Å²) in [4.78, 5) is 4.41. The van der Waals surface area contributed by atoms with Gasteiger partial charge in [0.25, 0.3) is 0 Å². The number of aromatic nitrogens is 2. The fraction of sp³-hybridized carbons (Fsp3) is 0.600. The van der Waals surface area contributed by atoms with E-state index in [1.54, 1.807) is 0 Å². The molecule has 0 atom stereocenters. The smallest absolute Gasteiger partial charge is 0.183 e. The third-order valence-corrected chi connectivity index (χ3v) is 2.90. The molecule has 4 nitrogen and oxygen atoms in total. The van der Waals surface area contributed by atoms with Crippen molar-refractivity contribution in [3.05, 3.63) is 11.5 Å². The van der Waals surface area contributed by atoms with Gasteiger partial charge in [0, 0.05) is 19.0 Å². The van der Waals surface area contributed by atoms with Crippen LogP contribution in [0.15, 0.2) is 0 Å². The highest BCUT2D eigenvalue weighted by Gasteiger charge is 2.31. The molecule has 2 heterocycles. The van der Waals surface area contributed by atoms with E-state index in [1.165, 1.54) is 12.8 Å². The van der Waals surface area contributed by atoms with Gasteiger partial charge in [0.1, 0.15) is 17.7 Å². The van der Waals surface area contributed by atoms with Crippen LogP contribution in [-0.2, 0) is 6.54 Å². The Balaban J connectivity index is 2.12. The van der Waals surface area contributed by atoms with Crippen molar-refractivity contribution in [2.75, 3.05) is 11.9 Å². The Morgan fingerprint density at radius 2 is 2.36 bits per heavy atom. The third kappa shape index (κ3) is 1.02. The molecular weight excluding hydrogens is 176 g/mol. The first-order valence-electron chi connectivity index (χ1n) is 5.14. The fourth-order valence-electron chi connectivity index (χ4n) is 2.05. The average Bonchev–Trinajstić information content (AvgIpc) is 3.00. The van der Waals surface area contributed by atoms with Gasteiger partial charge >= 0.3 is 0 Å². The predicted molar refractivity (Wildman–Crippen MR) is 52.0 cm³/mol. The van der Waals surface area contributed by atoms with Crippen molar-refractivity contribution in [1.29, 1.82) is 5.26 Å². The lowest BCUT2D eigenvalue weighted by atomic mass is 10.3. The predicted octanol–water partition coefficient (Wildman–Crippen LogP) is 1.45. The van der Waals surface area contributed by atoms with Crippen LogP contribution in [0.25, 0.3) is 0 Å². The van der Waals surface area contributed by atoms with E-state index in [-0.39, 0.29) is 0 Å². The second-order valence-corrected chi connectivity index (χ2v) is 3.99. The monoisotopic (exact) mass is 188 g/mol. The molecule has 72 valence electrons. The molecular formula is C10H12N4. The Kier molecular flexibility index (Phi) is 1.54. The zero-order valence-corrected chi connectivity index (χ0v) is 7.95. The van der Waals surface area contributed by atoms with Crippen molar-refractivity contribution in [2.45, 2.75) is 31.7 Å². The van der Waals surface area contributed by atoms with Crippen molar-refractivity contribution >= 4 is 5.82 Å². The van der Waals surface area contributed by atoms with Gasteiger partial charge in [0.05, 0.1) is 0 Å². The van der Waals surface area contributed by atoms with E-state index < -0.39 is 0 Å². The van der Waals surface area contributed by atoms with Gasteiger partial charge in [0.15, 0.2) is 5.69 Å². The molecule has 1 aromatic rings. The largest absolute Gasteiger partial charge is 0.369 e. The van der Waals surface area contributed by atoms with E-state index in [0.717, 1.165) is 31.2 Å². The van der Waals surface area contributed by atoms with Crippen LogP contribution in [0.4, 0.5) is 5.82 Å². The van der Waals surface area contributed by atoms with Crippen LogP contribution in [0, 0.1) is 11.3 Å². The van der Waals surface area contributed by atoms with E-state index in [4.69, 9.17) is 5.26 Å². The maximum absolute atomic E-state index is 8.94. The van der Waals surface area contributed by atoms with Gasteiger partial charge < -0.3 is 9.88 Å². The van der Waals surface area contributed by atoms with Gasteiger partial charge in [-0.25, -0.2) is 4.98 Å². The van der Waals surface area contributed by atoms with Crippen molar-refractivity contribution < 1.29 is 0 Å². The number of rotatable bonds is 1. The Morgan fingerprint density at radius 1 is 1.50 bits per heavy atom. The molecule has 1 aromatic heterocycles. The second-order valence-electron chi connectivity index (χ2n) is 3.99. The van der Waals surface area contributed by atoms with Crippen LogP contribution in [0.1, 0.15) is 36.7 Å². The van der Waals surface area contributed by atoms with Crippen molar-refractivity contribution in [3.63, 3.8) is 0 Å². The van der Waals surface area contributed by atoms with Gasteiger partial charge in [0.2, 0.25) is 0 Å². The summed E-state index contributed by atoms with van der Waals surface area (Å²) in [6.45, 7) is 1.98. The first kappa shape index (κ1) is 7.86. The summed E-state index contributed by atoms with van der Waals surface area (Å²) in [6, 6.07) is 2.16. The quantitative estimate of drug-likeness (QED) is 0.725. The average molecular weight is 188 g/mol. The van der Waals surface area contributed by atoms with E-state index in [0.29, 0.717) is 11.6 Å².